The first kappa shape index (κ1) is 16.0. The molecular weight excluding hydrogens is 274 g/mol. The zero-order valence-electron chi connectivity index (χ0n) is 7.64. The van der Waals surface area contributed by atoms with E-state index >= 15 is 0 Å². The third-order valence-electron chi connectivity index (χ3n) is 1.70. The molecule has 0 aliphatic heterocycles. The Hall–Kier alpha value is -0.960. The Kier molecular flexibility index (Phi) is 3.83. The van der Waals surface area contributed by atoms with Crippen molar-refractivity contribution in [3.63, 3.8) is 0 Å². The molecular formula is C7H4F10. The predicted octanol–water partition coefficient (Wildman–Crippen LogP) is 3.98. The van der Waals surface area contributed by atoms with Crippen molar-refractivity contribution in [3.8, 4) is 0 Å². The van der Waals surface area contributed by atoms with Crippen molar-refractivity contribution in [1.82, 2.24) is 0 Å². The van der Waals surface area contributed by atoms with Crippen LogP contribution in [-0.4, -0.2) is 30.1 Å². The van der Waals surface area contributed by atoms with Gasteiger partial charge < -0.3 is 0 Å². The molecule has 0 N–H and O–H groups in total. The van der Waals surface area contributed by atoms with Crippen LogP contribution in [0, 0.1) is 0 Å². The largest absolute Gasteiger partial charge is 0.425 e. The summed E-state index contributed by atoms with van der Waals surface area (Å²) in [4.78, 5) is 0. The van der Waals surface area contributed by atoms with Crippen LogP contribution in [0.3, 0.4) is 0 Å². The van der Waals surface area contributed by atoms with Gasteiger partial charge in [-0.2, -0.15) is 39.5 Å². The highest BCUT2D eigenvalue weighted by atomic mass is 19.4. The molecule has 0 fully saturated rings. The van der Waals surface area contributed by atoms with Gasteiger partial charge in [0, 0.05) is 0 Å². The van der Waals surface area contributed by atoms with Crippen molar-refractivity contribution in [3.05, 3.63) is 12.7 Å². The van der Waals surface area contributed by atoms with Gasteiger partial charge in [-0.15, -0.1) is 0 Å². The van der Waals surface area contributed by atoms with Gasteiger partial charge in [-0.3, -0.25) is 0 Å². The molecule has 0 bridgehead atoms. The second kappa shape index (κ2) is 4.05. The minimum atomic E-state index is -6.62. The van der Waals surface area contributed by atoms with E-state index in [2.05, 4.69) is 6.58 Å². The standard InChI is InChI=1S/C7H4F10/c1-2-4(9,10)7(16,17)5(11,12)3(8)6(13,14)15/h2-3H,1H2. The molecule has 0 aromatic carbocycles. The summed E-state index contributed by atoms with van der Waals surface area (Å²) in [5.74, 6) is -18.9. The molecule has 0 aliphatic carbocycles. The van der Waals surface area contributed by atoms with Gasteiger partial charge in [-0.1, -0.05) is 6.58 Å². The molecule has 0 aromatic heterocycles. The fourth-order valence-electron chi connectivity index (χ4n) is 0.715. The number of allylic oxidation sites excluding steroid dienone is 1. The lowest BCUT2D eigenvalue weighted by atomic mass is 10.00. The molecule has 0 heterocycles. The highest BCUT2D eigenvalue weighted by Crippen LogP contribution is 2.51. The normalized spacial score (nSPS) is 16.8. The lowest BCUT2D eigenvalue weighted by Crippen LogP contribution is -2.60. The fraction of sp³-hybridized carbons (Fsp3) is 0.714. The highest BCUT2D eigenvalue weighted by molar-refractivity contribution is 5.08. The van der Waals surface area contributed by atoms with Crippen molar-refractivity contribution in [2.45, 2.75) is 30.1 Å². The Morgan fingerprint density at radius 3 is 1.41 bits per heavy atom. The van der Waals surface area contributed by atoms with Crippen LogP contribution in [0.15, 0.2) is 12.7 Å². The van der Waals surface area contributed by atoms with E-state index in [9.17, 15) is 43.9 Å². The average Bonchev–Trinajstić information content (AvgIpc) is 2.14. The number of hydrogen-bond donors (Lipinski definition) is 0. The number of halogens is 10. The summed E-state index contributed by atoms with van der Waals surface area (Å²) in [6.07, 6.45) is -12.8. The van der Waals surface area contributed by atoms with Gasteiger partial charge in [-0.25, -0.2) is 4.39 Å². The first-order chi connectivity index (χ1) is 7.22. The molecule has 10 heteroatoms. The zero-order valence-corrected chi connectivity index (χ0v) is 7.64. The van der Waals surface area contributed by atoms with Crippen molar-refractivity contribution in [2.75, 3.05) is 0 Å². The molecule has 1 atom stereocenters. The summed E-state index contributed by atoms with van der Waals surface area (Å²) in [5.41, 5.74) is 0. The maximum Gasteiger partial charge on any atom is 0.425 e. The molecule has 102 valence electrons. The first-order valence-corrected chi connectivity index (χ1v) is 3.69. The Bertz CT molecular complexity index is 288. The Labute approximate surface area is 87.9 Å². The van der Waals surface area contributed by atoms with Crippen LogP contribution in [0.4, 0.5) is 43.9 Å². The Morgan fingerprint density at radius 1 is 0.824 bits per heavy atom. The Balaban J connectivity index is 5.53. The molecule has 0 saturated heterocycles. The maximum atomic E-state index is 12.4. The third kappa shape index (κ3) is 2.49. The van der Waals surface area contributed by atoms with Gasteiger partial charge in [0.1, 0.15) is 0 Å². The van der Waals surface area contributed by atoms with E-state index in [0.29, 0.717) is 0 Å². The molecule has 0 aromatic rings. The predicted molar refractivity (Wildman–Crippen MR) is 36.0 cm³/mol. The van der Waals surface area contributed by atoms with E-state index in [4.69, 9.17) is 0 Å². The van der Waals surface area contributed by atoms with Crippen LogP contribution in [0.1, 0.15) is 0 Å². The van der Waals surface area contributed by atoms with Crippen LogP contribution < -0.4 is 0 Å². The van der Waals surface area contributed by atoms with E-state index in [1.807, 2.05) is 0 Å². The molecule has 0 spiro atoms. The summed E-state index contributed by atoms with van der Waals surface area (Å²) >= 11 is 0. The van der Waals surface area contributed by atoms with E-state index in [0.717, 1.165) is 0 Å². The molecule has 17 heavy (non-hydrogen) atoms. The summed E-state index contributed by atoms with van der Waals surface area (Å²) in [7, 11) is 0. The van der Waals surface area contributed by atoms with Crippen LogP contribution in [-0.2, 0) is 0 Å². The van der Waals surface area contributed by atoms with Crippen LogP contribution in [0.5, 0.6) is 0 Å². The topological polar surface area (TPSA) is 0 Å². The zero-order chi connectivity index (χ0) is 14.3. The minimum absolute atomic E-state index is 0.982. The lowest BCUT2D eigenvalue weighted by molar-refractivity contribution is -0.346. The van der Waals surface area contributed by atoms with Crippen molar-refractivity contribution in [2.24, 2.45) is 0 Å². The number of alkyl halides is 10. The smallest absolute Gasteiger partial charge is 0.230 e. The Morgan fingerprint density at radius 2 is 1.18 bits per heavy atom. The average molecular weight is 278 g/mol. The molecule has 0 rings (SSSR count). The number of hydrogen-bond acceptors (Lipinski definition) is 0. The lowest BCUT2D eigenvalue weighted by Gasteiger charge is -2.33. The van der Waals surface area contributed by atoms with E-state index < -0.39 is 36.2 Å². The van der Waals surface area contributed by atoms with Gasteiger partial charge in [0.2, 0.25) is 0 Å². The van der Waals surface area contributed by atoms with E-state index in [1.54, 1.807) is 0 Å². The van der Waals surface area contributed by atoms with E-state index in [1.165, 1.54) is 0 Å². The van der Waals surface area contributed by atoms with Gasteiger partial charge in [0.05, 0.1) is 0 Å². The van der Waals surface area contributed by atoms with Crippen molar-refractivity contribution >= 4 is 0 Å². The summed E-state index contributed by atoms with van der Waals surface area (Å²) in [6.45, 7) is 2.07. The minimum Gasteiger partial charge on any atom is -0.230 e. The van der Waals surface area contributed by atoms with E-state index in [-0.39, 0.29) is 0 Å². The quantitative estimate of drug-likeness (QED) is 0.539. The second-order valence-corrected chi connectivity index (χ2v) is 2.93. The van der Waals surface area contributed by atoms with Crippen LogP contribution in [0.2, 0.25) is 0 Å². The molecule has 0 radical (unpaired) electrons. The first-order valence-electron chi connectivity index (χ1n) is 3.69. The van der Waals surface area contributed by atoms with Gasteiger partial charge in [0.15, 0.2) is 0 Å². The van der Waals surface area contributed by atoms with Gasteiger partial charge in [0.25, 0.3) is 6.17 Å². The molecule has 0 aliphatic rings. The van der Waals surface area contributed by atoms with Crippen molar-refractivity contribution < 1.29 is 43.9 Å². The fourth-order valence-corrected chi connectivity index (χ4v) is 0.715. The summed E-state index contributed by atoms with van der Waals surface area (Å²) in [5, 5.41) is 0. The molecule has 0 amide bonds. The molecule has 0 nitrogen and oxygen atoms in total. The van der Waals surface area contributed by atoms with Crippen LogP contribution >= 0.6 is 0 Å². The second-order valence-electron chi connectivity index (χ2n) is 2.93. The summed E-state index contributed by atoms with van der Waals surface area (Å²) in [6, 6.07) is 0. The molecule has 1 unspecified atom stereocenters. The van der Waals surface area contributed by atoms with Gasteiger partial charge >= 0.3 is 23.9 Å². The SMILES string of the molecule is C=CC(F)(F)C(F)(F)C(F)(F)C(F)C(F)(F)F. The van der Waals surface area contributed by atoms with Crippen LogP contribution in [0.25, 0.3) is 0 Å². The monoisotopic (exact) mass is 278 g/mol. The number of rotatable bonds is 4. The maximum absolute atomic E-state index is 12.4. The van der Waals surface area contributed by atoms with Crippen molar-refractivity contribution in [1.29, 1.82) is 0 Å². The van der Waals surface area contributed by atoms with Gasteiger partial charge in [-0.05, 0) is 6.08 Å². The third-order valence-corrected chi connectivity index (χ3v) is 1.70. The molecule has 0 saturated carbocycles. The summed E-state index contributed by atoms with van der Waals surface area (Å²) < 4.78 is 121. The highest BCUT2D eigenvalue weighted by Gasteiger charge is 2.77.